The molecule has 3 nitrogen and oxygen atoms in total. The van der Waals surface area contributed by atoms with Gasteiger partial charge in [-0.1, -0.05) is 23.9 Å². The Bertz CT molecular complexity index is 888. The van der Waals surface area contributed by atoms with Crippen LogP contribution < -0.4 is 4.90 Å². The van der Waals surface area contributed by atoms with E-state index in [2.05, 4.69) is 9.80 Å². The summed E-state index contributed by atoms with van der Waals surface area (Å²) in [4.78, 5) is 6.48. The predicted molar refractivity (Wildman–Crippen MR) is 126 cm³/mol. The molecule has 2 aliphatic rings. The molecule has 2 aliphatic heterocycles. The minimum Gasteiger partial charge on any atom is -0.396 e. The minimum atomic E-state index is -4.34. The Morgan fingerprint density at radius 1 is 0.938 bits per heavy atom. The van der Waals surface area contributed by atoms with Crippen molar-refractivity contribution in [2.75, 3.05) is 37.7 Å². The lowest BCUT2D eigenvalue weighted by Crippen LogP contribution is -2.36. The van der Waals surface area contributed by atoms with Crippen molar-refractivity contribution in [3.63, 3.8) is 0 Å². The number of hydrogen-bond donors (Lipinski definition) is 1. The summed E-state index contributed by atoms with van der Waals surface area (Å²) in [6, 6.07) is 12.0. The van der Waals surface area contributed by atoms with Gasteiger partial charge in [0, 0.05) is 22.9 Å². The number of likely N-dealkylation sites (tertiary alicyclic amines) is 1. The summed E-state index contributed by atoms with van der Waals surface area (Å²) in [5.74, 6) is 0.710. The summed E-state index contributed by atoms with van der Waals surface area (Å²) in [6.07, 6.45) is 0.877. The molecule has 0 amide bonds. The number of rotatable bonds is 7. The van der Waals surface area contributed by atoms with E-state index in [1.165, 1.54) is 36.7 Å². The van der Waals surface area contributed by atoms with Crippen molar-refractivity contribution in [1.29, 1.82) is 0 Å². The number of piperidine rings is 1. The molecule has 0 bridgehead atoms. The van der Waals surface area contributed by atoms with Crippen LogP contribution in [0.15, 0.2) is 52.3 Å². The largest absolute Gasteiger partial charge is 0.416 e. The Hall–Kier alpha value is -1.41. The molecule has 0 radical (unpaired) electrons. The van der Waals surface area contributed by atoms with Crippen molar-refractivity contribution in [2.24, 2.45) is 5.92 Å². The number of halogens is 4. The molecule has 0 atom stereocenters. The molecular weight excluding hydrogens is 457 g/mol. The Morgan fingerprint density at radius 3 is 2.38 bits per heavy atom. The SMILES string of the molecule is Cl.OCCCC1CCN(CCCN2c3ccccc3Sc3ccc(C(F)(F)F)cc32)CC1. The molecule has 1 saturated heterocycles. The third-order valence-electron chi connectivity index (χ3n) is 6.29. The first-order valence-electron chi connectivity index (χ1n) is 11.0. The average molecular weight is 487 g/mol. The van der Waals surface area contributed by atoms with E-state index in [9.17, 15) is 13.2 Å². The molecular formula is C24H30ClF3N2OS. The summed E-state index contributed by atoms with van der Waals surface area (Å²) < 4.78 is 40.0. The third-order valence-corrected chi connectivity index (χ3v) is 7.42. The van der Waals surface area contributed by atoms with Crippen LogP contribution in [0.3, 0.4) is 0 Å². The van der Waals surface area contributed by atoms with E-state index in [1.807, 2.05) is 24.3 Å². The zero-order chi connectivity index (χ0) is 21.8. The van der Waals surface area contributed by atoms with Crippen LogP contribution in [0.2, 0.25) is 0 Å². The molecule has 8 heteroatoms. The molecule has 0 aromatic heterocycles. The van der Waals surface area contributed by atoms with Gasteiger partial charge in [-0.15, -0.1) is 12.4 Å². The predicted octanol–water partition coefficient (Wildman–Crippen LogP) is 6.60. The summed E-state index contributed by atoms with van der Waals surface area (Å²) in [5, 5.41) is 9.01. The molecule has 32 heavy (non-hydrogen) atoms. The van der Waals surface area contributed by atoms with E-state index >= 15 is 0 Å². The Labute approximate surface area is 198 Å². The number of hydrogen-bond acceptors (Lipinski definition) is 4. The van der Waals surface area contributed by atoms with Gasteiger partial charge in [-0.05, 0) is 88.0 Å². The molecule has 176 valence electrons. The van der Waals surface area contributed by atoms with Crippen LogP contribution in [0.1, 0.15) is 37.7 Å². The van der Waals surface area contributed by atoms with Crippen molar-refractivity contribution >= 4 is 35.5 Å². The molecule has 0 spiro atoms. The first-order valence-corrected chi connectivity index (χ1v) is 11.9. The smallest absolute Gasteiger partial charge is 0.396 e. The lowest BCUT2D eigenvalue weighted by Gasteiger charge is -2.35. The van der Waals surface area contributed by atoms with Gasteiger partial charge in [0.25, 0.3) is 0 Å². The fourth-order valence-corrected chi connectivity index (χ4v) is 5.65. The van der Waals surface area contributed by atoms with Crippen LogP contribution in [-0.4, -0.2) is 42.8 Å². The molecule has 1 fully saturated rings. The first-order chi connectivity index (χ1) is 15.0. The maximum atomic E-state index is 13.3. The second-order valence-electron chi connectivity index (χ2n) is 8.41. The van der Waals surface area contributed by atoms with E-state index in [4.69, 9.17) is 5.11 Å². The van der Waals surface area contributed by atoms with Crippen molar-refractivity contribution in [3.8, 4) is 0 Å². The number of anilines is 2. The Kier molecular flexibility index (Phi) is 8.78. The van der Waals surface area contributed by atoms with Crippen LogP contribution in [-0.2, 0) is 6.18 Å². The third kappa shape index (κ3) is 5.93. The highest BCUT2D eigenvalue weighted by Gasteiger charge is 2.33. The number of para-hydroxylation sites is 1. The molecule has 0 aliphatic carbocycles. The van der Waals surface area contributed by atoms with E-state index in [1.54, 1.807) is 6.07 Å². The van der Waals surface area contributed by atoms with Gasteiger partial charge in [-0.2, -0.15) is 13.2 Å². The number of nitrogens with zero attached hydrogens (tertiary/aromatic N) is 2. The van der Waals surface area contributed by atoms with Crippen LogP contribution in [0.4, 0.5) is 24.5 Å². The quantitative estimate of drug-likeness (QED) is 0.476. The van der Waals surface area contributed by atoms with Crippen LogP contribution in [0.5, 0.6) is 0 Å². The number of aliphatic hydroxyl groups is 1. The second-order valence-corrected chi connectivity index (χ2v) is 9.49. The molecule has 0 unspecified atom stereocenters. The van der Waals surface area contributed by atoms with Gasteiger partial charge in [0.1, 0.15) is 0 Å². The maximum Gasteiger partial charge on any atom is 0.416 e. The van der Waals surface area contributed by atoms with Gasteiger partial charge in [0.2, 0.25) is 0 Å². The highest BCUT2D eigenvalue weighted by Crippen LogP contribution is 2.49. The topological polar surface area (TPSA) is 26.7 Å². The van der Waals surface area contributed by atoms with Gasteiger partial charge in [0.05, 0.1) is 16.9 Å². The monoisotopic (exact) mass is 486 g/mol. The number of benzene rings is 2. The van der Waals surface area contributed by atoms with E-state index < -0.39 is 11.7 Å². The Balaban J connectivity index is 0.00000289. The zero-order valence-corrected chi connectivity index (χ0v) is 19.6. The van der Waals surface area contributed by atoms with E-state index in [0.717, 1.165) is 54.4 Å². The van der Waals surface area contributed by atoms with Crippen LogP contribution >= 0.6 is 24.2 Å². The number of alkyl halides is 3. The standard InChI is InChI=1S/C24H29F3N2OS.ClH/c25-24(26,27)19-8-9-23-21(17-19)29(20-6-1-2-7-22(20)31-23)13-4-12-28-14-10-18(11-15-28)5-3-16-30;/h1-2,6-9,17-18,30H,3-5,10-16H2;1H. The van der Waals surface area contributed by atoms with E-state index in [0.29, 0.717) is 18.2 Å². The summed E-state index contributed by atoms with van der Waals surface area (Å²) >= 11 is 1.54. The van der Waals surface area contributed by atoms with Crippen LogP contribution in [0, 0.1) is 5.92 Å². The molecule has 2 heterocycles. The lowest BCUT2D eigenvalue weighted by molar-refractivity contribution is -0.137. The lowest BCUT2D eigenvalue weighted by atomic mass is 9.92. The first kappa shape index (κ1) is 25.2. The molecule has 2 aromatic rings. The highest BCUT2D eigenvalue weighted by molar-refractivity contribution is 7.99. The minimum absolute atomic E-state index is 0. The van der Waals surface area contributed by atoms with Crippen molar-refractivity contribution in [2.45, 2.75) is 48.1 Å². The van der Waals surface area contributed by atoms with Crippen LogP contribution in [0.25, 0.3) is 0 Å². The van der Waals surface area contributed by atoms with Crippen molar-refractivity contribution in [1.82, 2.24) is 4.90 Å². The number of aliphatic hydroxyl groups excluding tert-OH is 1. The Morgan fingerprint density at radius 2 is 1.66 bits per heavy atom. The van der Waals surface area contributed by atoms with Gasteiger partial charge in [0.15, 0.2) is 0 Å². The second kappa shape index (κ2) is 11.1. The summed E-state index contributed by atoms with van der Waals surface area (Å²) in [5.41, 5.74) is 1.05. The summed E-state index contributed by atoms with van der Waals surface area (Å²) in [7, 11) is 0. The molecule has 2 aromatic carbocycles. The molecule has 0 saturated carbocycles. The zero-order valence-electron chi connectivity index (χ0n) is 18.0. The average Bonchev–Trinajstić information content (AvgIpc) is 2.77. The van der Waals surface area contributed by atoms with Gasteiger partial charge in [-0.3, -0.25) is 0 Å². The van der Waals surface area contributed by atoms with Gasteiger partial charge in [-0.25, -0.2) is 0 Å². The molecule has 4 rings (SSSR count). The summed E-state index contributed by atoms with van der Waals surface area (Å²) in [6.45, 7) is 4.05. The normalized spacial score (nSPS) is 16.9. The van der Waals surface area contributed by atoms with Gasteiger partial charge >= 0.3 is 6.18 Å². The fourth-order valence-electron chi connectivity index (χ4n) is 4.58. The maximum absolute atomic E-state index is 13.3. The van der Waals surface area contributed by atoms with E-state index in [-0.39, 0.29) is 19.0 Å². The molecule has 1 N–H and O–H groups in total. The van der Waals surface area contributed by atoms with Crippen molar-refractivity contribution < 1.29 is 18.3 Å². The fraction of sp³-hybridized carbons (Fsp3) is 0.500. The highest BCUT2D eigenvalue weighted by atomic mass is 35.5. The van der Waals surface area contributed by atoms with Gasteiger partial charge < -0.3 is 14.9 Å². The number of fused-ring (bicyclic) bond motifs is 2. The van der Waals surface area contributed by atoms with Crippen molar-refractivity contribution in [3.05, 3.63) is 48.0 Å².